The highest BCUT2D eigenvalue weighted by Crippen LogP contribution is 2.27. The first-order valence-corrected chi connectivity index (χ1v) is 6.47. The third kappa shape index (κ3) is 3.78. The predicted molar refractivity (Wildman–Crippen MR) is 67.3 cm³/mol. The highest BCUT2D eigenvalue weighted by molar-refractivity contribution is 5.77. The number of hydrogen-bond donors (Lipinski definition) is 0. The fourth-order valence-corrected chi connectivity index (χ4v) is 2.28. The molecular weight excluding hydrogens is 200 g/mol. The highest BCUT2D eigenvalue weighted by Gasteiger charge is 2.28. The van der Waals surface area contributed by atoms with E-state index in [4.69, 9.17) is 0 Å². The summed E-state index contributed by atoms with van der Waals surface area (Å²) in [5.74, 6) is 1.67. The van der Waals surface area contributed by atoms with Gasteiger partial charge in [-0.3, -0.25) is 4.79 Å². The molecule has 0 saturated carbocycles. The van der Waals surface area contributed by atoms with Crippen molar-refractivity contribution in [3.05, 3.63) is 0 Å². The normalized spacial score (nSPS) is 23.9. The van der Waals surface area contributed by atoms with Crippen molar-refractivity contribution in [2.45, 2.75) is 33.1 Å². The van der Waals surface area contributed by atoms with Crippen LogP contribution in [0, 0.1) is 11.8 Å². The Morgan fingerprint density at radius 1 is 1.50 bits per heavy atom. The first-order valence-electron chi connectivity index (χ1n) is 6.47. The van der Waals surface area contributed by atoms with Crippen LogP contribution in [-0.2, 0) is 4.79 Å². The van der Waals surface area contributed by atoms with E-state index < -0.39 is 0 Å². The second kappa shape index (κ2) is 6.24. The van der Waals surface area contributed by atoms with Crippen LogP contribution < -0.4 is 0 Å². The monoisotopic (exact) mass is 226 g/mol. The van der Waals surface area contributed by atoms with Crippen molar-refractivity contribution in [2.24, 2.45) is 11.8 Å². The smallest absolute Gasteiger partial charge is 0.222 e. The van der Waals surface area contributed by atoms with E-state index in [2.05, 4.69) is 32.8 Å². The van der Waals surface area contributed by atoms with Crippen LogP contribution in [0.25, 0.3) is 0 Å². The van der Waals surface area contributed by atoms with Gasteiger partial charge in [-0.15, -0.1) is 0 Å². The standard InChI is InChI=1S/C13H26N2O/c1-5-11(2)12-6-7-15(13(16)10-12)9-8-14(3)4/h11-12H,5-10H2,1-4H3/t11?,12-/m0/s1. The summed E-state index contributed by atoms with van der Waals surface area (Å²) < 4.78 is 0. The summed E-state index contributed by atoms with van der Waals surface area (Å²) in [5.41, 5.74) is 0. The van der Waals surface area contributed by atoms with Gasteiger partial charge in [0.05, 0.1) is 0 Å². The van der Waals surface area contributed by atoms with Gasteiger partial charge in [0.2, 0.25) is 5.91 Å². The van der Waals surface area contributed by atoms with Crippen molar-refractivity contribution < 1.29 is 4.79 Å². The van der Waals surface area contributed by atoms with Crippen LogP contribution in [0.2, 0.25) is 0 Å². The van der Waals surface area contributed by atoms with E-state index in [0.717, 1.165) is 26.1 Å². The van der Waals surface area contributed by atoms with Gasteiger partial charge in [0, 0.05) is 26.1 Å². The lowest BCUT2D eigenvalue weighted by Gasteiger charge is -2.34. The van der Waals surface area contributed by atoms with E-state index in [1.807, 2.05) is 4.90 Å². The van der Waals surface area contributed by atoms with E-state index in [9.17, 15) is 4.79 Å². The summed E-state index contributed by atoms with van der Waals surface area (Å²) >= 11 is 0. The molecule has 1 unspecified atom stereocenters. The Hall–Kier alpha value is -0.570. The van der Waals surface area contributed by atoms with E-state index >= 15 is 0 Å². The van der Waals surface area contributed by atoms with Gasteiger partial charge in [-0.05, 0) is 32.4 Å². The lowest BCUT2D eigenvalue weighted by molar-refractivity contribution is -0.135. The van der Waals surface area contributed by atoms with Crippen molar-refractivity contribution in [3.63, 3.8) is 0 Å². The Morgan fingerprint density at radius 3 is 2.69 bits per heavy atom. The minimum atomic E-state index is 0.360. The molecule has 3 heteroatoms. The minimum absolute atomic E-state index is 0.360. The maximum atomic E-state index is 11.9. The van der Waals surface area contributed by atoms with E-state index in [1.54, 1.807) is 0 Å². The van der Waals surface area contributed by atoms with Crippen molar-refractivity contribution in [1.29, 1.82) is 0 Å². The van der Waals surface area contributed by atoms with Gasteiger partial charge in [-0.1, -0.05) is 20.3 Å². The van der Waals surface area contributed by atoms with Crippen LogP contribution in [0.4, 0.5) is 0 Å². The van der Waals surface area contributed by atoms with Crippen LogP contribution in [-0.4, -0.2) is 49.4 Å². The number of likely N-dealkylation sites (tertiary alicyclic amines) is 1. The van der Waals surface area contributed by atoms with Crippen LogP contribution >= 0.6 is 0 Å². The number of piperidine rings is 1. The molecule has 1 aliphatic rings. The average Bonchev–Trinajstić information content (AvgIpc) is 2.26. The second-order valence-electron chi connectivity index (χ2n) is 5.32. The zero-order chi connectivity index (χ0) is 12.1. The maximum absolute atomic E-state index is 11.9. The number of hydrogen-bond acceptors (Lipinski definition) is 2. The Morgan fingerprint density at radius 2 is 2.19 bits per heavy atom. The molecule has 0 aromatic rings. The molecule has 0 aliphatic carbocycles. The second-order valence-corrected chi connectivity index (χ2v) is 5.32. The summed E-state index contributed by atoms with van der Waals surface area (Å²) in [6.45, 7) is 7.31. The molecular formula is C13H26N2O. The molecule has 2 atom stereocenters. The molecule has 1 aliphatic heterocycles. The molecule has 1 amide bonds. The number of carbonyl (C=O) groups is 1. The van der Waals surface area contributed by atoms with Gasteiger partial charge in [-0.25, -0.2) is 0 Å². The molecule has 0 bridgehead atoms. The zero-order valence-electron chi connectivity index (χ0n) is 11.2. The lowest BCUT2D eigenvalue weighted by atomic mass is 9.83. The Labute approximate surface area is 99.8 Å². The van der Waals surface area contributed by atoms with Gasteiger partial charge < -0.3 is 9.80 Å². The molecule has 0 radical (unpaired) electrons. The molecule has 1 saturated heterocycles. The molecule has 94 valence electrons. The van der Waals surface area contributed by atoms with E-state index in [-0.39, 0.29) is 0 Å². The van der Waals surface area contributed by atoms with Crippen LogP contribution in [0.1, 0.15) is 33.1 Å². The molecule has 16 heavy (non-hydrogen) atoms. The summed E-state index contributed by atoms with van der Waals surface area (Å²) in [4.78, 5) is 16.1. The van der Waals surface area contributed by atoms with Crippen molar-refractivity contribution in [3.8, 4) is 0 Å². The fourth-order valence-electron chi connectivity index (χ4n) is 2.28. The highest BCUT2D eigenvalue weighted by atomic mass is 16.2. The SMILES string of the molecule is CCC(C)[C@H]1CCN(CCN(C)C)C(=O)C1. The zero-order valence-corrected chi connectivity index (χ0v) is 11.2. The summed E-state index contributed by atoms with van der Waals surface area (Å²) in [6, 6.07) is 0. The van der Waals surface area contributed by atoms with Crippen LogP contribution in [0.5, 0.6) is 0 Å². The first-order chi connectivity index (χ1) is 7.54. The van der Waals surface area contributed by atoms with Gasteiger partial charge in [0.1, 0.15) is 0 Å². The van der Waals surface area contributed by atoms with E-state index in [1.165, 1.54) is 12.8 Å². The molecule has 1 heterocycles. The molecule has 0 aromatic heterocycles. The summed E-state index contributed by atoms with van der Waals surface area (Å²) in [6.07, 6.45) is 3.15. The van der Waals surface area contributed by atoms with Crippen LogP contribution in [0.3, 0.4) is 0 Å². The van der Waals surface area contributed by atoms with E-state index in [0.29, 0.717) is 17.7 Å². The lowest BCUT2D eigenvalue weighted by Crippen LogP contribution is -2.43. The Balaban J connectivity index is 2.37. The van der Waals surface area contributed by atoms with Gasteiger partial charge >= 0.3 is 0 Å². The molecule has 1 rings (SSSR count). The van der Waals surface area contributed by atoms with Crippen molar-refractivity contribution >= 4 is 5.91 Å². The van der Waals surface area contributed by atoms with Crippen LogP contribution in [0.15, 0.2) is 0 Å². The van der Waals surface area contributed by atoms with Gasteiger partial charge in [0.15, 0.2) is 0 Å². The minimum Gasteiger partial charge on any atom is -0.341 e. The summed E-state index contributed by atoms with van der Waals surface area (Å²) in [5, 5.41) is 0. The maximum Gasteiger partial charge on any atom is 0.222 e. The fraction of sp³-hybridized carbons (Fsp3) is 0.923. The third-order valence-electron chi connectivity index (χ3n) is 3.83. The van der Waals surface area contributed by atoms with Crippen molar-refractivity contribution in [2.75, 3.05) is 33.7 Å². The topological polar surface area (TPSA) is 23.6 Å². The Bertz CT molecular complexity index is 228. The predicted octanol–water partition coefficient (Wildman–Crippen LogP) is 1.83. The van der Waals surface area contributed by atoms with Crippen molar-refractivity contribution in [1.82, 2.24) is 9.80 Å². The summed E-state index contributed by atoms with van der Waals surface area (Å²) in [7, 11) is 4.10. The molecule has 0 spiro atoms. The molecule has 0 aromatic carbocycles. The number of nitrogens with zero attached hydrogens (tertiary/aromatic N) is 2. The number of carbonyl (C=O) groups excluding carboxylic acids is 1. The Kier molecular flexibility index (Phi) is 5.26. The number of amides is 1. The number of rotatable bonds is 5. The average molecular weight is 226 g/mol. The molecule has 0 N–H and O–H groups in total. The van der Waals surface area contributed by atoms with Gasteiger partial charge in [0.25, 0.3) is 0 Å². The van der Waals surface area contributed by atoms with Gasteiger partial charge in [-0.2, -0.15) is 0 Å². The molecule has 1 fully saturated rings. The number of likely N-dealkylation sites (N-methyl/N-ethyl adjacent to an activating group) is 1. The quantitative estimate of drug-likeness (QED) is 0.714. The third-order valence-corrected chi connectivity index (χ3v) is 3.83. The first kappa shape index (κ1) is 13.5. The largest absolute Gasteiger partial charge is 0.341 e. The molecule has 3 nitrogen and oxygen atoms in total.